The van der Waals surface area contributed by atoms with Crippen molar-refractivity contribution in [1.82, 2.24) is 5.48 Å². The highest BCUT2D eigenvalue weighted by Gasteiger charge is 2.70. The summed E-state index contributed by atoms with van der Waals surface area (Å²) in [6, 6.07) is 0. The molecule has 0 aromatic rings. The van der Waals surface area contributed by atoms with Gasteiger partial charge in [0.25, 0.3) is 0 Å². The molecule has 8 atom stereocenters. The SMILES string of the molecule is CONC(=O)[C@@]1(C)CC[C@]2(C)CC[C@]3(C)C(=CC(=O)[C@@H]4[C@@]5(C)CCC(=NO)C(C)(C)C5CC[C@]43C)[C@@H]2C1. The molecule has 5 aliphatic rings. The van der Waals surface area contributed by atoms with Gasteiger partial charge < -0.3 is 5.21 Å². The lowest BCUT2D eigenvalue weighted by atomic mass is 9.33. The van der Waals surface area contributed by atoms with Crippen molar-refractivity contribution >= 4 is 17.4 Å². The Hall–Kier alpha value is -1.69. The third-order valence-corrected chi connectivity index (χ3v) is 13.2. The average Bonchev–Trinajstić information content (AvgIpc) is 2.81. The molecule has 0 aromatic heterocycles. The van der Waals surface area contributed by atoms with Crippen LogP contribution < -0.4 is 5.48 Å². The van der Waals surface area contributed by atoms with Gasteiger partial charge in [0.1, 0.15) is 0 Å². The Labute approximate surface area is 223 Å². The number of hydrogen-bond acceptors (Lipinski definition) is 5. The topological polar surface area (TPSA) is 88.0 Å². The fraction of sp³-hybridized carbons (Fsp3) is 0.839. The summed E-state index contributed by atoms with van der Waals surface area (Å²) in [5.74, 6) is 0.735. The third-order valence-electron chi connectivity index (χ3n) is 13.2. The number of oxime groups is 1. The summed E-state index contributed by atoms with van der Waals surface area (Å²) in [6.07, 6.45) is 10.6. The fourth-order valence-corrected chi connectivity index (χ4v) is 10.6. The van der Waals surface area contributed by atoms with Crippen LogP contribution in [-0.4, -0.2) is 29.7 Å². The van der Waals surface area contributed by atoms with E-state index in [0.29, 0.717) is 11.7 Å². The van der Waals surface area contributed by atoms with Crippen molar-refractivity contribution in [1.29, 1.82) is 0 Å². The molecule has 6 nitrogen and oxygen atoms in total. The minimum absolute atomic E-state index is 0.0388. The highest BCUT2D eigenvalue weighted by molar-refractivity contribution is 5.97. The number of hydrogen-bond donors (Lipinski definition) is 2. The van der Waals surface area contributed by atoms with Crippen LogP contribution in [0.2, 0.25) is 0 Å². The molecule has 5 aliphatic carbocycles. The molecule has 0 aromatic carbocycles. The summed E-state index contributed by atoms with van der Waals surface area (Å²) >= 11 is 0. The van der Waals surface area contributed by atoms with Crippen molar-refractivity contribution < 1.29 is 19.6 Å². The highest BCUT2D eigenvalue weighted by atomic mass is 16.6. The number of nitrogens with zero attached hydrogens (tertiary/aromatic N) is 1. The van der Waals surface area contributed by atoms with Crippen LogP contribution in [0.4, 0.5) is 0 Å². The minimum Gasteiger partial charge on any atom is -0.411 e. The molecule has 206 valence electrons. The van der Waals surface area contributed by atoms with Crippen molar-refractivity contribution in [2.45, 2.75) is 106 Å². The van der Waals surface area contributed by atoms with Gasteiger partial charge in [-0.05, 0) is 97.4 Å². The normalized spacial score (nSPS) is 49.7. The molecule has 0 bridgehead atoms. The molecule has 1 amide bonds. The van der Waals surface area contributed by atoms with E-state index in [1.54, 1.807) is 0 Å². The predicted octanol–water partition coefficient (Wildman–Crippen LogP) is 6.47. The molecule has 37 heavy (non-hydrogen) atoms. The zero-order valence-electron chi connectivity index (χ0n) is 24.3. The van der Waals surface area contributed by atoms with Gasteiger partial charge in [-0.25, -0.2) is 5.48 Å². The molecule has 6 heteroatoms. The Morgan fingerprint density at radius 2 is 1.70 bits per heavy atom. The number of nitrogens with one attached hydrogen (secondary N) is 1. The van der Waals surface area contributed by atoms with E-state index < -0.39 is 5.41 Å². The van der Waals surface area contributed by atoms with Crippen LogP contribution in [0.15, 0.2) is 16.8 Å². The van der Waals surface area contributed by atoms with E-state index in [1.165, 1.54) is 12.7 Å². The van der Waals surface area contributed by atoms with Gasteiger partial charge in [0, 0.05) is 16.7 Å². The largest absolute Gasteiger partial charge is 0.411 e. The number of carbonyl (C=O) groups is 2. The van der Waals surface area contributed by atoms with Crippen LogP contribution in [0, 0.1) is 50.2 Å². The lowest BCUT2D eigenvalue weighted by Gasteiger charge is -2.70. The highest BCUT2D eigenvalue weighted by Crippen LogP contribution is 2.74. The monoisotopic (exact) mass is 512 g/mol. The second-order valence-electron chi connectivity index (χ2n) is 15.2. The van der Waals surface area contributed by atoms with Gasteiger partial charge in [0.2, 0.25) is 5.91 Å². The molecule has 2 N–H and O–H groups in total. The van der Waals surface area contributed by atoms with Crippen LogP contribution in [0.3, 0.4) is 0 Å². The van der Waals surface area contributed by atoms with Crippen molar-refractivity contribution in [2.75, 3.05) is 7.11 Å². The number of ketones is 1. The van der Waals surface area contributed by atoms with Crippen molar-refractivity contribution in [3.8, 4) is 0 Å². The number of amides is 1. The zero-order valence-corrected chi connectivity index (χ0v) is 24.3. The van der Waals surface area contributed by atoms with Gasteiger partial charge in [-0.1, -0.05) is 59.2 Å². The summed E-state index contributed by atoms with van der Waals surface area (Å²) in [5.41, 5.74) is 3.85. The molecular weight excluding hydrogens is 464 g/mol. The van der Waals surface area contributed by atoms with E-state index in [2.05, 4.69) is 65.2 Å². The van der Waals surface area contributed by atoms with E-state index in [4.69, 9.17) is 4.84 Å². The maximum Gasteiger partial charge on any atom is 0.249 e. The molecule has 1 unspecified atom stereocenters. The smallest absolute Gasteiger partial charge is 0.249 e. The van der Waals surface area contributed by atoms with Crippen molar-refractivity contribution in [3.05, 3.63) is 11.6 Å². The maximum absolute atomic E-state index is 14.4. The Balaban J connectivity index is 1.59. The second-order valence-corrected chi connectivity index (χ2v) is 15.2. The summed E-state index contributed by atoms with van der Waals surface area (Å²) in [6.45, 7) is 16.1. The standard InChI is InChI=1S/C31H48N2O4/c1-26(2)22-9-12-31(7)24(29(22,5)11-10-23(26)32-36)21(34)17-19-20-18-28(4,25(35)33-37-8)14-13-27(20,3)15-16-30(19,31)6/h17,20,22,24,36H,9-16,18H2,1-8H3,(H,33,35)/t20-,22?,24+,27+,28-,29-,30+,31+/m0/s1. The fourth-order valence-electron chi connectivity index (χ4n) is 10.6. The number of allylic oxidation sites excluding steroid dienone is 2. The van der Waals surface area contributed by atoms with E-state index in [0.717, 1.165) is 63.5 Å². The van der Waals surface area contributed by atoms with Crippen LogP contribution in [0.25, 0.3) is 0 Å². The predicted molar refractivity (Wildman–Crippen MR) is 144 cm³/mol. The molecule has 0 spiro atoms. The summed E-state index contributed by atoms with van der Waals surface area (Å²) in [5, 5.41) is 13.5. The number of carbonyl (C=O) groups excluding carboxylic acids is 2. The lowest BCUT2D eigenvalue weighted by Crippen LogP contribution is -2.66. The molecule has 0 heterocycles. The molecule has 4 fully saturated rings. The molecule has 0 radical (unpaired) electrons. The molecule has 5 rings (SSSR count). The second kappa shape index (κ2) is 8.16. The summed E-state index contributed by atoms with van der Waals surface area (Å²) in [4.78, 5) is 32.4. The van der Waals surface area contributed by atoms with Crippen molar-refractivity contribution in [2.24, 2.45) is 55.4 Å². The van der Waals surface area contributed by atoms with E-state index in [-0.39, 0.29) is 44.8 Å². The molecule has 0 saturated heterocycles. The number of fused-ring (bicyclic) bond motifs is 7. The Morgan fingerprint density at radius 3 is 2.35 bits per heavy atom. The Bertz CT molecular complexity index is 1080. The molecular formula is C31H48N2O4. The maximum atomic E-state index is 14.4. The average molecular weight is 513 g/mol. The first-order valence-corrected chi connectivity index (χ1v) is 14.4. The zero-order chi connectivity index (χ0) is 27.2. The quantitative estimate of drug-likeness (QED) is 0.328. The van der Waals surface area contributed by atoms with Crippen LogP contribution in [-0.2, 0) is 14.4 Å². The first kappa shape index (κ1) is 26.9. The van der Waals surface area contributed by atoms with Gasteiger partial charge in [0.15, 0.2) is 5.78 Å². The van der Waals surface area contributed by atoms with Gasteiger partial charge in [0.05, 0.1) is 12.8 Å². The lowest BCUT2D eigenvalue weighted by molar-refractivity contribution is -0.175. The van der Waals surface area contributed by atoms with Crippen LogP contribution in [0.5, 0.6) is 0 Å². The van der Waals surface area contributed by atoms with Crippen LogP contribution >= 0.6 is 0 Å². The van der Waals surface area contributed by atoms with E-state index in [9.17, 15) is 14.8 Å². The Morgan fingerprint density at radius 1 is 1.03 bits per heavy atom. The van der Waals surface area contributed by atoms with Gasteiger partial charge in [-0.15, -0.1) is 0 Å². The summed E-state index contributed by atoms with van der Waals surface area (Å²) in [7, 11) is 1.49. The number of rotatable bonds is 2. The molecule has 0 aliphatic heterocycles. The number of hydroxylamine groups is 1. The molecule has 4 saturated carbocycles. The van der Waals surface area contributed by atoms with Crippen molar-refractivity contribution in [3.63, 3.8) is 0 Å². The minimum atomic E-state index is -0.503. The van der Waals surface area contributed by atoms with Crippen LogP contribution in [0.1, 0.15) is 106 Å². The first-order valence-electron chi connectivity index (χ1n) is 14.4. The Kier molecular flexibility index (Phi) is 5.93. The first-order chi connectivity index (χ1) is 17.1. The van der Waals surface area contributed by atoms with E-state index >= 15 is 0 Å². The van der Waals surface area contributed by atoms with E-state index in [1.807, 2.05) is 0 Å². The van der Waals surface area contributed by atoms with Gasteiger partial charge in [-0.3, -0.25) is 14.4 Å². The van der Waals surface area contributed by atoms with Gasteiger partial charge >= 0.3 is 0 Å². The third kappa shape index (κ3) is 3.36. The van der Waals surface area contributed by atoms with Gasteiger partial charge in [-0.2, -0.15) is 0 Å². The summed E-state index contributed by atoms with van der Waals surface area (Å²) < 4.78 is 0.